The summed E-state index contributed by atoms with van der Waals surface area (Å²) >= 11 is 7.40. The monoisotopic (exact) mass is 386 g/mol. The standard InChI is InChI=1S/C16H16ClFN2O4S/c1-9(8-25-2)20-15(23)11(6-19(16(20)24)7-13(21)22)10-4-3-5-12(18)14(10)17/h3-6,9H,7-8H2,1-2H3,(H,21,22)/t9-/m0/s1. The zero-order chi connectivity index (χ0) is 18.7. The number of thioether (sulfide) groups is 1. The summed E-state index contributed by atoms with van der Waals surface area (Å²) < 4.78 is 15.7. The first-order chi connectivity index (χ1) is 11.8. The maximum Gasteiger partial charge on any atom is 0.331 e. The lowest BCUT2D eigenvalue weighted by atomic mass is 10.1. The van der Waals surface area contributed by atoms with Crippen molar-refractivity contribution in [3.05, 3.63) is 56.1 Å². The summed E-state index contributed by atoms with van der Waals surface area (Å²) in [4.78, 5) is 36.4. The van der Waals surface area contributed by atoms with E-state index in [1.54, 1.807) is 6.92 Å². The molecule has 1 aromatic heterocycles. The molecule has 0 bridgehead atoms. The molecule has 1 atom stereocenters. The molecule has 0 radical (unpaired) electrons. The molecule has 0 aliphatic rings. The predicted octanol–water partition coefficient (Wildman–Crippen LogP) is 2.48. The molecule has 1 N–H and O–H groups in total. The molecule has 0 amide bonds. The predicted molar refractivity (Wildman–Crippen MR) is 96.1 cm³/mol. The van der Waals surface area contributed by atoms with Gasteiger partial charge in [0, 0.05) is 23.6 Å². The molecule has 0 fully saturated rings. The fourth-order valence-electron chi connectivity index (χ4n) is 2.48. The Kier molecular flexibility index (Phi) is 6.07. The van der Waals surface area contributed by atoms with Gasteiger partial charge in [-0.15, -0.1) is 0 Å². The largest absolute Gasteiger partial charge is 0.480 e. The molecule has 0 aliphatic carbocycles. The van der Waals surface area contributed by atoms with Crippen molar-refractivity contribution in [2.24, 2.45) is 0 Å². The van der Waals surface area contributed by atoms with Crippen LogP contribution >= 0.6 is 23.4 Å². The van der Waals surface area contributed by atoms with Crippen LogP contribution in [0.5, 0.6) is 0 Å². The second-order valence-electron chi connectivity index (χ2n) is 5.43. The lowest BCUT2D eigenvalue weighted by molar-refractivity contribution is -0.137. The number of rotatable bonds is 6. The van der Waals surface area contributed by atoms with Crippen molar-refractivity contribution < 1.29 is 14.3 Å². The fourth-order valence-corrected chi connectivity index (χ4v) is 3.34. The second kappa shape index (κ2) is 7.88. The van der Waals surface area contributed by atoms with Gasteiger partial charge in [-0.3, -0.25) is 18.7 Å². The van der Waals surface area contributed by atoms with Crippen molar-refractivity contribution in [1.82, 2.24) is 9.13 Å². The van der Waals surface area contributed by atoms with E-state index in [1.165, 1.54) is 23.9 Å². The van der Waals surface area contributed by atoms with E-state index < -0.39 is 35.6 Å². The van der Waals surface area contributed by atoms with Crippen molar-refractivity contribution in [3.8, 4) is 11.1 Å². The Morgan fingerprint density at radius 1 is 1.36 bits per heavy atom. The van der Waals surface area contributed by atoms with Gasteiger partial charge in [0.15, 0.2) is 0 Å². The number of carboxylic acids is 1. The molecule has 2 rings (SSSR count). The lowest BCUT2D eigenvalue weighted by Crippen LogP contribution is -2.43. The van der Waals surface area contributed by atoms with E-state index in [0.717, 1.165) is 21.4 Å². The third kappa shape index (κ3) is 3.96. The van der Waals surface area contributed by atoms with Crippen LogP contribution in [0.15, 0.2) is 34.0 Å². The summed E-state index contributed by atoms with van der Waals surface area (Å²) in [5.41, 5.74) is -1.29. The molecule has 9 heteroatoms. The second-order valence-corrected chi connectivity index (χ2v) is 6.72. The van der Waals surface area contributed by atoms with Crippen molar-refractivity contribution in [2.45, 2.75) is 19.5 Å². The van der Waals surface area contributed by atoms with Gasteiger partial charge in [-0.25, -0.2) is 9.18 Å². The topological polar surface area (TPSA) is 81.3 Å². The number of hydrogen-bond donors (Lipinski definition) is 1. The fraction of sp³-hybridized carbons (Fsp3) is 0.312. The van der Waals surface area contributed by atoms with E-state index >= 15 is 0 Å². The highest BCUT2D eigenvalue weighted by atomic mass is 35.5. The zero-order valence-corrected chi connectivity index (χ0v) is 15.1. The van der Waals surface area contributed by atoms with Crippen LogP contribution in [0.4, 0.5) is 4.39 Å². The highest BCUT2D eigenvalue weighted by Crippen LogP contribution is 2.27. The van der Waals surface area contributed by atoms with Crippen LogP contribution in [0.3, 0.4) is 0 Å². The van der Waals surface area contributed by atoms with Gasteiger partial charge >= 0.3 is 11.7 Å². The Labute approximate surface area is 151 Å². The minimum absolute atomic E-state index is 0.0293. The number of carbonyl (C=O) groups is 1. The molecule has 2 aromatic rings. The average Bonchev–Trinajstić information content (AvgIpc) is 2.53. The van der Waals surface area contributed by atoms with Crippen LogP contribution in [0.25, 0.3) is 11.1 Å². The normalized spacial score (nSPS) is 12.2. The Bertz CT molecular complexity index is 925. The highest BCUT2D eigenvalue weighted by Gasteiger charge is 2.20. The third-order valence-corrected chi connectivity index (χ3v) is 4.78. The van der Waals surface area contributed by atoms with E-state index in [-0.39, 0.29) is 16.1 Å². The summed E-state index contributed by atoms with van der Waals surface area (Å²) in [5.74, 6) is -1.47. The minimum atomic E-state index is -1.24. The van der Waals surface area contributed by atoms with Gasteiger partial charge in [-0.1, -0.05) is 23.7 Å². The number of carboxylic acid groups (broad SMARTS) is 1. The number of halogens is 2. The van der Waals surface area contributed by atoms with E-state index in [1.807, 2.05) is 6.26 Å². The molecule has 0 aliphatic heterocycles. The van der Waals surface area contributed by atoms with Gasteiger partial charge in [-0.2, -0.15) is 11.8 Å². The van der Waals surface area contributed by atoms with Crippen LogP contribution in [-0.2, 0) is 11.3 Å². The van der Waals surface area contributed by atoms with Crippen molar-refractivity contribution in [1.29, 1.82) is 0 Å². The molecule has 0 unspecified atom stereocenters. The Hall–Kier alpha value is -2.06. The van der Waals surface area contributed by atoms with Crippen molar-refractivity contribution in [3.63, 3.8) is 0 Å². The Balaban J connectivity index is 2.82. The number of aliphatic carboxylic acids is 1. The highest BCUT2D eigenvalue weighted by molar-refractivity contribution is 7.98. The molecule has 0 saturated carbocycles. The third-order valence-electron chi connectivity index (χ3n) is 3.58. The molecule has 1 heterocycles. The van der Waals surface area contributed by atoms with Crippen molar-refractivity contribution >= 4 is 29.3 Å². The molecule has 25 heavy (non-hydrogen) atoms. The van der Waals surface area contributed by atoms with Gasteiger partial charge < -0.3 is 5.11 Å². The molecular weight excluding hydrogens is 371 g/mol. The molecule has 134 valence electrons. The molecule has 1 aromatic carbocycles. The summed E-state index contributed by atoms with van der Waals surface area (Å²) in [5, 5.41) is 8.76. The van der Waals surface area contributed by atoms with Crippen LogP contribution in [0.1, 0.15) is 13.0 Å². The maximum absolute atomic E-state index is 13.8. The van der Waals surface area contributed by atoms with Crippen LogP contribution < -0.4 is 11.2 Å². The van der Waals surface area contributed by atoms with Crippen LogP contribution in [0, 0.1) is 5.82 Å². The van der Waals surface area contributed by atoms with Gasteiger partial charge in [0.1, 0.15) is 12.4 Å². The van der Waals surface area contributed by atoms with Gasteiger partial charge in [-0.05, 0) is 19.2 Å². The van der Waals surface area contributed by atoms with Crippen LogP contribution in [-0.4, -0.2) is 32.2 Å². The summed E-state index contributed by atoms with van der Waals surface area (Å²) in [6, 6.07) is 3.51. The van der Waals surface area contributed by atoms with Gasteiger partial charge in [0.25, 0.3) is 5.56 Å². The van der Waals surface area contributed by atoms with E-state index in [0.29, 0.717) is 5.75 Å². The quantitative estimate of drug-likeness (QED) is 0.824. The van der Waals surface area contributed by atoms with Gasteiger partial charge in [0.2, 0.25) is 0 Å². The molecular formula is C16H16ClFN2O4S. The molecule has 0 saturated heterocycles. The smallest absolute Gasteiger partial charge is 0.331 e. The Morgan fingerprint density at radius 3 is 2.64 bits per heavy atom. The maximum atomic E-state index is 13.8. The number of aromatic nitrogens is 2. The summed E-state index contributed by atoms with van der Waals surface area (Å²) in [6.45, 7) is 1.06. The van der Waals surface area contributed by atoms with E-state index in [4.69, 9.17) is 16.7 Å². The van der Waals surface area contributed by atoms with E-state index in [9.17, 15) is 18.8 Å². The number of benzene rings is 1. The number of hydrogen-bond acceptors (Lipinski definition) is 4. The van der Waals surface area contributed by atoms with Crippen molar-refractivity contribution in [2.75, 3.05) is 12.0 Å². The average molecular weight is 387 g/mol. The minimum Gasteiger partial charge on any atom is -0.480 e. The lowest BCUT2D eigenvalue weighted by Gasteiger charge is -2.17. The Morgan fingerprint density at radius 2 is 2.04 bits per heavy atom. The van der Waals surface area contributed by atoms with E-state index in [2.05, 4.69) is 0 Å². The van der Waals surface area contributed by atoms with Crippen LogP contribution in [0.2, 0.25) is 5.02 Å². The number of nitrogens with zero attached hydrogens (tertiary/aromatic N) is 2. The van der Waals surface area contributed by atoms with Gasteiger partial charge in [0.05, 0.1) is 10.6 Å². The first kappa shape index (κ1) is 19.3. The summed E-state index contributed by atoms with van der Waals surface area (Å²) in [7, 11) is 0. The zero-order valence-electron chi connectivity index (χ0n) is 13.5. The first-order valence-electron chi connectivity index (χ1n) is 7.29. The summed E-state index contributed by atoms with van der Waals surface area (Å²) in [6.07, 6.45) is 2.94. The SMILES string of the molecule is CSC[C@H](C)n1c(=O)c(-c2cccc(F)c2Cl)cn(CC(=O)O)c1=O. The molecule has 6 nitrogen and oxygen atoms in total. The molecule has 0 spiro atoms. The first-order valence-corrected chi connectivity index (χ1v) is 9.06.